The average molecular weight is 466 g/mol. The molecule has 2 rings (SSSR count). The number of nitrogens with one attached hydrogen (secondary N) is 3. The fraction of sp³-hybridized carbons (Fsp3) is 0.833. The zero-order valence-corrected chi connectivity index (χ0v) is 20.9. The lowest BCUT2D eigenvalue weighted by Gasteiger charge is -2.32. The fourth-order valence-corrected chi connectivity index (χ4v) is 4.75. The Morgan fingerprint density at radius 2 is 1.76 bits per heavy atom. The van der Waals surface area contributed by atoms with Crippen LogP contribution in [0.3, 0.4) is 0 Å². The Hall–Kier alpha value is -2.32. The van der Waals surface area contributed by atoms with Crippen LogP contribution in [0, 0.1) is 22.7 Å². The molecule has 0 unspecified atom stereocenters. The minimum Gasteiger partial charge on any atom is -0.447 e. The van der Waals surface area contributed by atoms with Crippen molar-refractivity contribution < 1.29 is 19.1 Å². The second-order valence-corrected chi connectivity index (χ2v) is 11.0. The third kappa shape index (κ3) is 8.51. The van der Waals surface area contributed by atoms with Crippen molar-refractivity contribution in [1.29, 1.82) is 5.41 Å². The Labute approximate surface area is 198 Å². The number of amides is 3. The minimum atomic E-state index is -0.744. The molecule has 0 aromatic carbocycles. The molecule has 2 atom stereocenters. The summed E-state index contributed by atoms with van der Waals surface area (Å²) in [5.74, 6) is 0.429. The number of likely N-dealkylation sites (tertiary alicyclic amines) is 1. The number of hydrogen-bond acceptors (Lipinski definition) is 5. The monoisotopic (exact) mass is 465 g/mol. The summed E-state index contributed by atoms with van der Waals surface area (Å²) in [6.45, 7) is 10.6. The van der Waals surface area contributed by atoms with Crippen molar-refractivity contribution in [2.45, 2.75) is 97.8 Å². The van der Waals surface area contributed by atoms with Gasteiger partial charge >= 0.3 is 6.09 Å². The molecule has 2 aliphatic rings. The van der Waals surface area contributed by atoms with Crippen LogP contribution in [0.1, 0.15) is 79.6 Å². The van der Waals surface area contributed by atoms with Crippen molar-refractivity contribution in [2.75, 3.05) is 13.1 Å². The predicted octanol–water partition coefficient (Wildman–Crippen LogP) is 2.78. The number of alkyl carbamates (subject to hydrolysis) is 1. The molecule has 0 spiro atoms. The molecule has 0 bridgehead atoms. The molecule has 0 aromatic rings. The van der Waals surface area contributed by atoms with Crippen LogP contribution in [0.4, 0.5) is 4.79 Å². The van der Waals surface area contributed by atoms with Crippen LogP contribution in [0.25, 0.3) is 0 Å². The highest BCUT2D eigenvalue weighted by molar-refractivity contribution is 5.92. The van der Waals surface area contributed by atoms with E-state index in [2.05, 4.69) is 10.6 Å². The van der Waals surface area contributed by atoms with Gasteiger partial charge in [0.15, 0.2) is 0 Å². The topological polar surface area (TPSA) is 138 Å². The maximum atomic E-state index is 13.4. The third-order valence-electron chi connectivity index (χ3n) is 6.44. The normalized spacial score (nSPS) is 24.3. The zero-order chi connectivity index (χ0) is 24.8. The highest BCUT2D eigenvalue weighted by Gasteiger charge is 2.39. The number of nitrogens with two attached hydrogens (primary N) is 1. The number of ether oxygens (including phenoxy) is 1. The van der Waals surface area contributed by atoms with Crippen molar-refractivity contribution in [3.05, 3.63) is 0 Å². The maximum absolute atomic E-state index is 13.4. The van der Waals surface area contributed by atoms with Gasteiger partial charge < -0.3 is 26.0 Å². The van der Waals surface area contributed by atoms with E-state index in [0.717, 1.165) is 32.1 Å². The van der Waals surface area contributed by atoms with Gasteiger partial charge in [0.1, 0.15) is 12.1 Å². The standard InChI is InChI=1S/C24H43N5O4/c1-15(2)33-23(32)28-18(13-24(3,4)5)22(31)29-12-6-7-19(29)21(30)27-14-16-8-10-17(11-9-16)20(25)26/h15-19H,6-14H2,1-5H3,(H3,25,26)(H,27,30)(H,28,32)/t16?,17?,18-,19+/m1/s1. The molecule has 188 valence electrons. The summed E-state index contributed by atoms with van der Waals surface area (Å²) in [5.41, 5.74) is 5.43. The second kappa shape index (κ2) is 11.7. The fourth-order valence-electron chi connectivity index (χ4n) is 4.75. The van der Waals surface area contributed by atoms with E-state index in [1.165, 1.54) is 0 Å². The lowest BCUT2D eigenvalue weighted by atomic mass is 9.81. The van der Waals surface area contributed by atoms with Gasteiger partial charge in [0, 0.05) is 19.0 Å². The molecule has 5 N–H and O–H groups in total. The Kier molecular flexibility index (Phi) is 9.55. The van der Waals surface area contributed by atoms with E-state index < -0.39 is 18.2 Å². The number of carbonyl (C=O) groups excluding carboxylic acids is 3. The number of amidine groups is 1. The van der Waals surface area contributed by atoms with Crippen LogP contribution in [-0.2, 0) is 14.3 Å². The molecule has 1 aliphatic heterocycles. The largest absolute Gasteiger partial charge is 0.447 e. The van der Waals surface area contributed by atoms with Crippen molar-refractivity contribution >= 4 is 23.7 Å². The maximum Gasteiger partial charge on any atom is 0.408 e. The van der Waals surface area contributed by atoms with Crippen molar-refractivity contribution in [1.82, 2.24) is 15.5 Å². The van der Waals surface area contributed by atoms with Gasteiger partial charge in [-0.25, -0.2) is 4.79 Å². The number of hydrogen-bond donors (Lipinski definition) is 4. The SMILES string of the molecule is CC(C)OC(=O)N[C@H](CC(C)(C)C)C(=O)N1CCC[C@H]1C(=O)NCC1CCC(C(=N)N)CC1. The lowest BCUT2D eigenvalue weighted by Crippen LogP contribution is -2.54. The van der Waals surface area contributed by atoms with Gasteiger partial charge in [0.25, 0.3) is 0 Å². The summed E-state index contributed by atoms with van der Waals surface area (Å²) in [6.07, 6.45) is 4.57. The molecule has 9 nitrogen and oxygen atoms in total. The first-order valence-corrected chi connectivity index (χ1v) is 12.3. The Balaban J connectivity index is 1.97. The van der Waals surface area contributed by atoms with E-state index >= 15 is 0 Å². The van der Waals surface area contributed by atoms with Crippen LogP contribution in [0.5, 0.6) is 0 Å². The number of rotatable bonds is 8. The minimum absolute atomic E-state index is 0.131. The first kappa shape index (κ1) is 26.9. The first-order valence-electron chi connectivity index (χ1n) is 12.3. The van der Waals surface area contributed by atoms with E-state index in [4.69, 9.17) is 15.9 Å². The van der Waals surface area contributed by atoms with Crippen LogP contribution in [-0.4, -0.2) is 59.9 Å². The van der Waals surface area contributed by atoms with Crippen LogP contribution in [0.15, 0.2) is 0 Å². The van der Waals surface area contributed by atoms with E-state index in [1.54, 1.807) is 18.7 Å². The highest BCUT2D eigenvalue weighted by Crippen LogP contribution is 2.29. The van der Waals surface area contributed by atoms with Gasteiger partial charge in [-0.05, 0) is 70.1 Å². The van der Waals surface area contributed by atoms with Crippen LogP contribution < -0.4 is 16.4 Å². The predicted molar refractivity (Wildman–Crippen MR) is 128 cm³/mol. The van der Waals surface area contributed by atoms with Gasteiger partial charge in [0.2, 0.25) is 11.8 Å². The molecule has 1 aliphatic carbocycles. The summed E-state index contributed by atoms with van der Waals surface area (Å²) < 4.78 is 5.19. The van der Waals surface area contributed by atoms with Crippen LogP contribution >= 0.6 is 0 Å². The summed E-state index contributed by atoms with van der Waals surface area (Å²) in [5, 5.41) is 13.4. The van der Waals surface area contributed by atoms with Crippen molar-refractivity contribution in [3.63, 3.8) is 0 Å². The van der Waals surface area contributed by atoms with E-state index in [-0.39, 0.29) is 35.1 Å². The van der Waals surface area contributed by atoms with Gasteiger partial charge in [-0.15, -0.1) is 0 Å². The molecule has 9 heteroatoms. The molecule has 33 heavy (non-hydrogen) atoms. The van der Waals surface area contributed by atoms with E-state index in [0.29, 0.717) is 31.8 Å². The second-order valence-electron chi connectivity index (χ2n) is 11.0. The van der Waals surface area contributed by atoms with Gasteiger partial charge in [-0.2, -0.15) is 0 Å². The number of carbonyl (C=O) groups is 3. The molecule has 0 aromatic heterocycles. The zero-order valence-electron chi connectivity index (χ0n) is 20.9. The first-order chi connectivity index (χ1) is 15.4. The van der Waals surface area contributed by atoms with E-state index in [9.17, 15) is 14.4 Å². The summed E-state index contributed by atoms with van der Waals surface area (Å²) in [6, 6.07) is -1.26. The molecule has 1 saturated heterocycles. The van der Waals surface area contributed by atoms with E-state index in [1.807, 2.05) is 20.8 Å². The van der Waals surface area contributed by atoms with Crippen molar-refractivity contribution in [2.24, 2.45) is 23.0 Å². The third-order valence-corrected chi connectivity index (χ3v) is 6.44. The molecular formula is C24H43N5O4. The molecule has 2 fully saturated rings. The smallest absolute Gasteiger partial charge is 0.408 e. The summed E-state index contributed by atoms with van der Waals surface area (Å²) >= 11 is 0. The molecule has 1 heterocycles. The summed E-state index contributed by atoms with van der Waals surface area (Å²) in [4.78, 5) is 40.2. The molecular weight excluding hydrogens is 422 g/mol. The van der Waals surface area contributed by atoms with Crippen molar-refractivity contribution in [3.8, 4) is 0 Å². The highest BCUT2D eigenvalue weighted by atomic mass is 16.6. The Morgan fingerprint density at radius 3 is 2.30 bits per heavy atom. The van der Waals surface area contributed by atoms with Crippen LogP contribution in [0.2, 0.25) is 0 Å². The number of nitrogens with zero attached hydrogens (tertiary/aromatic N) is 1. The molecule has 0 radical (unpaired) electrons. The quantitative estimate of drug-likeness (QED) is 0.323. The Bertz CT molecular complexity index is 710. The van der Waals surface area contributed by atoms with Gasteiger partial charge in [-0.3, -0.25) is 15.0 Å². The molecule has 3 amide bonds. The summed E-state index contributed by atoms with van der Waals surface area (Å²) in [7, 11) is 0. The average Bonchev–Trinajstić information content (AvgIpc) is 3.19. The lowest BCUT2D eigenvalue weighted by molar-refractivity contribution is -0.140. The van der Waals surface area contributed by atoms with Gasteiger partial charge in [-0.1, -0.05) is 20.8 Å². The Morgan fingerprint density at radius 1 is 1.12 bits per heavy atom. The van der Waals surface area contributed by atoms with Gasteiger partial charge in [0.05, 0.1) is 11.9 Å². The molecule has 1 saturated carbocycles.